The van der Waals surface area contributed by atoms with Gasteiger partial charge in [-0.1, -0.05) is 6.07 Å². The summed E-state index contributed by atoms with van der Waals surface area (Å²) in [4.78, 5) is 22.6. The molecule has 1 aliphatic rings. The molecule has 0 aromatic heterocycles. The summed E-state index contributed by atoms with van der Waals surface area (Å²) in [7, 11) is 0. The van der Waals surface area contributed by atoms with E-state index in [-0.39, 0.29) is 11.6 Å². The van der Waals surface area contributed by atoms with Crippen molar-refractivity contribution < 1.29 is 14.7 Å². The molecule has 1 heterocycles. The Bertz CT molecular complexity index is 490. The zero-order chi connectivity index (χ0) is 14.4. The van der Waals surface area contributed by atoms with Gasteiger partial charge >= 0.3 is 12.0 Å². The van der Waals surface area contributed by atoms with E-state index in [4.69, 9.17) is 5.11 Å². The van der Waals surface area contributed by atoms with E-state index in [2.05, 4.69) is 10.6 Å². The topological polar surface area (TPSA) is 78.4 Å². The Kier molecular flexibility index (Phi) is 5.60. The number of carboxylic acid groups (broad SMARTS) is 1. The lowest BCUT2D eigenvalue weighted by atomic mass is 10.2. The predicted molar refractivity (Wildman–Crippen MR) is 84.0 cm³/mol. The number of amides is 2. The predicted octanol–water partition coefficient (Wildman–Crippen LogP) is 2.35. The number of carbonyl (C=O) groups is 2. The molecule has 0 saturated carbocycles. The normalized spacial score (nSPS) is 18.3. The molecule has 1 fully saturated rings. The third kappa shape index (κ3) is 4.64. The largest absolute Gasteiger partial charge is 0.478 e. The van der Waals surface area contributed by atoms with Gasteiger partial charge in [0, 0.05) is 34.7 Å². The highest BCUT2D eigenvalue weighted by Crippen LogP contribution is 2.23. The molecule has 1 unspecified atom stereocenters. The van der Waals surface area contributed by atoms with Crippen LogP contribution >= 0.6 is 23.5 Å². The SMILES string of the molecule is O=C(NCC1CSCCS1)Nc1cccc(C(=O)O)c1. The summed E-state index contributed by atoms with van der Waals surface area (Å²) in [5.41, 5.74) is 0.634. The van der Waals surface area contributed by atoms with Crippen molar-refractivity contribution in [2.24, 2.45) is 0 Å². The molecule has 0 bridgehead atoms. The molecule has 2 amide bonds. The molecule has 20 heavy (non-hydrogen) atoms. The molecule has 1 aliphatic heterocycles. The van der Waals surface area contributed by atoms with E-state index in [1.54, 1.807) is 12.1 Å². The van der Waals surface area contributed by atoms with Crippen LogP contribution in [0.4, 0.5) is 10.5 Å². The van der Waals surface area contributed by atoms with E-state index in [1.165, 1.54) is 17.9 Å². The molecule has 7 heteroatoms. The number of benzene rings is 1. The Morgan fingerprint density at radius 1 is 1.35 bits per heavy atom. The molecule has 1 saturated heterocycles. The fourth-order valence-electron chi connectivity index (χ4n) is 1.77. The van der Waals surface area contributed by atoms with E-state index in [0.29, 0.717) is 17.5 Å². The van der Waals surface area contributed by atoms with Crippen molar-refractivity contribution in [2.45, 2.75) is 5.25 Å². The number of urea groups is 1. The second-order valence-corrected chi connectivity index (χ2v) is 6.85. The first-order valence-corrected chi connectivity index (χ1v) is 8.43. The molecule has 0 spiro atoms. The molecule has 0 radical (unpaired) electrons. The average molecular weight is 312 g/mol. The van der Waals surface area contributed by atoms with Crippen LogP contribution in [0.5, 0.6) is 0 Å². The third-order valence-corrected chi connectivity index (χ3v) is 5.59. The number of carbonyl (C=O) groups excluding carboxylic acids is 1. The van der Waals surface area contributed by atoms with Crippen LogP contribution in [0.3, 0.4) is 0 Å². The number of carboxylic acids is 1. The van der Waals surface area contributed by atoms with E-state index >= 15 is 0 Å². The zero-order valence-corrected chi connectivity index (χ0v) is 12.4. The third-order valence-electron chi connectivity index (χ3n) is 2.74. The first-order valence-electron chi connectivity index (χ1n) is 6.22. The Balaban J connectivity index is 1.81. The number of nitrogens with one attached hydrogen (secondary N) is 2. The van der Waals surface area contributed by atoms with Gasteiger partial charge in [-0.3, -0.25) is 0 Å². The molecule has 1 aromatic carbocycles. The highest BCUT2D eigenvalue weighted by molar-refractivity contribution is 8.06. The van der Waals surface area contributed by atoms with Gasteiger partial charge in [0.1, 0.15) is 0 Å². The second-order valence-electron chi connectivity index (χ2n) is 4.29. The van der Waals surface area contributed by atoms with E-state index in [1.807, 2.05) is 23.5 Å². The van der Waals surface area contributed by atoms with Crippen LogP contribution in [-0.2, 0) is 0 Å². The van der Waals surface area contributed by atoms with Gasteiger partial charge in [0.25, 0.3) is 0 Å². The summed E-state index contributed by atoms with van der Waals surface area (Å²) >= 11 is 3.78. The lowest BCUT2D eigenvalue weighted by Gasteiger charge is -2.21. The summed E-state index contributed by atoms with van der Waals surface area (Å²) < 4.78 is 0. The number of hydrogen-bond donors (Lipinski definition) is 3. The van der Waals surface area contributed by atoms with Gasteiger partial charge in [0.15, 0.2) is 0 Å². The fraction of sp³-hybridized carbons (Fsp3) is 0.385. The van der Waals surface area contributed by atoms with E-state index in [9.17, 15) is 9.59 Å². The Hall–Kier alpha value is -1.34. The van der Waals surface area contributed by atoms with Crippen molar-refractivity contribution >= 4 is 41.2 Å². The van der Waals surface area contributed by atoms with Crippen LogP contribution in [0, 0.1) is 0 Å². The van der Waals surface area contributed by atoms with Gasteiger partial charge in [-0.25, -0.2) is 9.59 Å². The molecular weight excluding hydrogens is 296 g/mol. The summed E-state index contributed by atoms with van der Waals surface area (Å²) in [5.74, 6) is 2.35. The summed E-state index contributed by atoms with van der Waals surface area (Å²) in [5, 5.41) is 14.8. The van der Waals surface area contributed by atoms with Crippen LogP contribution in [0.1, 0.15) is 10.4 Å². The Labute approximate surface area is 125 Å². The highest BCUT2D eigenvalue weighted by Gasteiger charge is 2.15. The van der Waals surface area contributed by atoms with E-state index < -0.39 is 5.97 Å². The Morgan fingerprint density at radius 3 is 2.90 bits per heavy atom. The minimum atomic E-state index is -1.01. The fourth-order valence-corrected chi connectivity index (χ4v) is 4.38. The number of anilines is 1. The molecule has 108 valence electrons. The van der Waals surface area contributed by atoms with Crippen molar-refractivity contribution in [1.29, 1.82) is 0 Å². The standard InChI is InChI=1S/C13H16N2O3S2/c16-12(17)9-2-1-3-10(6-9)15-13(18)14-7-11-8-19-4-5-20-11/h1-3,6,11H,4-5,7-8H2,(H,16,17)(H2,14,15,18). The van der Waals surface area contributed by atoms with Crippen molar-refractivity contribution in [3.05, 3.63) is 29.8 Å². The van der Waals surface area contributed by atoms with Gasteiger partial charge in [-0.2, -0.15) is 23.5 Å². The minimum Gasteiger partial charge on any atom is -0.478 e. The lowest BCUT2D eigenvalue weighted by molar-refractivity contribution is 0.0697. The van der Waals surface area contributed by atoms with Gasteiger partial charge in [0.2, 0.25) is 0 Å². The van der Waals surface area contributed by atoms with Crippen LogP contribution in [-0.4, -0.2) is 46.2 Å². The van der Waals surface area contributed by atoms with Crippen molar-refractivity contribution in [2.75, 3.05) is 29.1 Å². The van der Waals surface area contributed by atoms with Crippen molar-refractivity contribution in [3.8, 4) is 0 Å². The maximum atomic E-state index is 11.8. The number of hydrogen-bond acceptors (Lipinski definition) is 4. The van der Waals surface area contributed by atoms with Gasteiger partial charge in [-0.15, -0.1) is 0 Å². The molecule has 2 rings (SSSR count). The molecule has 1 aromatic rings. The summed E-state index contributed by atoms with van der Waals surface area (Å²) in [6.07, 6.45) is 0. The summed E-state index contributed by atoms with van der Waals surface area (Å²) in [6.45, 7) is 0.627. The minimum absolute atomic E-state index is 0.155. The number of aromatic carboxylic acids is 1. The van der Waals surface area contributed by atoms with E-state index in [0.717, 1.165) is 11.5 Å². The van der Waals surface area contributed by atoms with Gasteiger partial charge in [-0.05, 0) is 18.2 Å². The highest BCUT2D eigenvalue weighted by atomic mass is 32.2. The van der Waals surface area contributed by atoms with Crippen LogP contribution in [0.15, 0.2) is 24.3 Å². The molecule has 3 N–H and O–H groups in total. The smallest absolute Gasteiger partial charge is 0.335 e. The molecular formula is C13H16N2O3S2. The van der Waals surface area contributed by atoms with Crippen molar-refractivity contribution in [1.82, 2.24) is 5.32 Å². The summed E-state index contributed by atoms with van der Waals surface area (Å²) in [6, 6.07) is 5.89. The van der Waals surface area contributed by atoms with Crippen LogP contribution in [0.25, 0.3) is 0 Å². The first-order chi connectivity index (χ1) is 9.65. The Morgan fingerprint density at radius 2 is 2.20 bits per heavy atom. The second kappa shape index (κ2) is 7.44. The number of thioether (sulfide) groups is 2. The van der Waals surface area contributed by atoms with Crippen LogP contribution < -0.4 is 10.6 Å². The zero-order valence-electron chi connectivity index (χ0n) is 10.8. The lowest BCUT2D eigenvalue weighted by Crippen LogP contribution is -2.36. The van der Waals surface area contributed by atoms with Crippen LogP contribution in [0.2, 0.25) is 0 Å². The maximum absolute atomic E-state index is 11.8. The number of rotatable bonds is 4. The van der Waals surface area contributed by atoms with Gasteiger partial charge < -0.3 is 15.7 Å². The quantitative estimate of drug-likeness (QED) is 0.795. The van der Waals surface area contributed by atoms with Gasteiger partial charge in [0.05, 0.1) is 5.56 Å². The monoisotopic (exact) mass is 312 g/mol. The van der Waals surface area contributed by atoms with Crippen molar-refractivity contribution in [3.63, 3.8) is 0 Å². The molecule has 5 nitrogen and oxygen atoms in total. The molecule has 0 aliphatic carbocycles. The average Bonchev–Trinajstić information content (AvgIpc) is 2.46. The first kappa shape index (κ1) is 15.1. The maximum Gasteiger partial charge on any atom is 0.335 e. The molecule has 1 atom stereocenters.